The van der Waals surface area contributed by atoms with Crippen LogP contribution in [-0.2, 0) is 19.1 Å². The molecule has 0 heterocycles. The summed E-state index contributed by atoms with van der Waals surface area (Å²) in [4.78, 5) is 37.4. The van der Waals surface area contributed by atoms with Gasteiger partial charge in [0.1, 0.15) is 11.9 Å². The molecule has 0 saturated carbocycles. The Morgan fingerprint density at radius 3 is 2.59 bits per heavy atom. The number of hydrogen-bond donors (Lipinski definition) is 0. The lowest BCUT2D eigenvalue weighted by Gasteiger charge is -2.22. The van der Waals surface area contributed by atoms with Crippen LogP contribution in [0.15, 0.2) is 46.9 Å². The second kappa shape index (κ2) is 8.86. The first kappa shape index (κ1) is 21.2. The molecule has 0 saturated heterocycles. The minimum absolute atomic E-state index is 0.164. The van der Waals surface area contributed by atoms with Gasteiger partial charge in [0.05, 0.1) is 24.9 Å². The molecule has 29 heavy (non-hydrogen) atoms. The van der Waals surface area contributed by atoms with Crippen molar-refractivity contribution in [3.05, 3.63) is 69.4 Å². The van der Waals surface area contributed by atoms with Crippen molar-refractivity contribution in [3.8, 4) is 0 Å². The van der Waals surface area contributed by atoms with Crippen LogP contribution in [0.25, 0.3) is 0 Å². The Kier molecular flexibility index (Phi) is 6.47. The van der Waals surface area contributed by atoms with Crippen LogP contribution in [0.3, 0.4) is 0 Å². The molecule has 0 aromatic heterocycles. The number of carbonyl (C=O) groups excluding carboxylic acids is 3. The van der Waals surface area contributed by atoms with Crippen molar-refractivity contribution in [3.63, 3.8) is 0 Å². The van der Waals surface area contributed by atoms with E-state index in [1.54, 1.807) is 38.1 Å². The molecule has 2 aromatic rings. The molecule has 7 heteroatoms. The van der Waals surface area contributed by atoms with Crippen LogP contribution < -0.4 is 0 Å². The molecule has 0 fully saturated rings. The van der Waals surface area contributed by atoms with E-state index in [0.717, 1.165) is 0 Å². The van der Waals surface area contributed by atoms with E-state index in [1.807, 2.05) is 0 Å². The highest BCUT2D eigenvalue weighted by Gasteiger charge is 2.44. The Balaban J connectivity index is 1.89. The highest BCUT2D eigenvalue weighted by molar-refractivity contribution is 9.10. The summed E-state index contributed by atoms with van der Waals surface area (Å²) in [6.07, 6.45) is -1.02. The smallest absolute Gasteiger partial charge is 0.309 e. The number of carbonyl (C=O) groups is 3. The van der Waals surface area contributed by atoms with Crippen molar-refractivity contribution in [1.82, 2.24) is 0 Å². The zero-order valence-corrected chi connectivity index (χ0v) is 17.6. The van der Waals surface area contributed by atoms with Crippen molar-refractivity contribution in [2.75, 3.05) is 6.61 Å². The monoisotopic (exact) mass is 462 g/mol. The van der Waals surface area contributed by atoms with Gasteiger partial charge in [-0.2, -0.15) is 0 Å². The Bertz CT molecular complexity index is 958. The molecule has 0 N–H and O–H groups in total. The second-order valence-corrected chi connectivity index (χ2v) is 7.72. The number of esters is 2. The number of hydrogen-bond acceptors (Lipinski definition) is 5. The quantitative estimate of drug-likeness (QED) is 0.579. The van der Waals surface area contributed by atoms with E-state index in [4.69, 9.17) is 9.47 Å². The first-order valence-electron chi connectivity index (χ1n) is 9.27. The molecule has 3 unspecified atom stereocenters. The number of Topliss-reactive ketones (excluding diaryl/α,β-unsaturated/α-hetero) is 1. The van der Waals surface area contributed by atoms with Crippen molar-refractivity contribution < 1.29 is 28.2 Å². The molecule has 2 aromatic carbocycles. The lowest BCUT2D eigenvalue weighted by atomic mass is 9.93. The van der Waals surface area contributed by atoms with Crippen LogP contribution in [0, 0.1) is 11.7 Å². The summed E-state index contributed by atoms with van der Waals surface area (Å²) in [5.74, 6) is -3.20. The maximum absolute atomic E-state index is 13.5. The number of fused-ring (bicyclic) bond motifs is 1. The molecular formula is C22H20BrFO5. The Labute approximate surface area is 176 Å². The molecule has 0 aliphatic heterocycles. The number of ether oxygens (including phenoxy) is 2. The predicted octanol–water partition coefficient (Wildman–Crippen LogP) is 4.74. The van der Waals surface area contributed by atoms with Crippen LogP contribution in [0.4, 0.5) is 4.39 Å². The zero-order chi connectivity index (χ0) is 21.1. The number of rotatable bonds is 6. The maximum Gasteiger partial charge on any atom is 0.309 e. The van der Waals surface area contributed by atoms with Gasteiger partial charge in [-0.05, 0) is 24.6 Å². The lowest BCUT2D eigenvalue weighted by molar-refractivity contribution is -0.157. The Hall–Kier alpha value is -2.54. The van der Waals surface area contributed by atoms with Gasteiger partial charge < -0.3 is 9.47 Å². The fourth-order valence-corrected chi connectivity index (χ4v) is 4.05. The van der Waals surface area contributed by atoms with Gasteiger partial charge in [-0.15, -0.1) is 0 Å². The fraction of sp³-hybridized carbons (Fsp3) is 0.318. The molecular weight excluding hydrogens is 443 g/mol. The van der Waals surface area contributed by atoms with E-state index < -0.39 is 35.7 Å². The average molecular weight is 463 g/mol. The van der Waals surface area contributed by atoms with Crippen molar-refractivity contribution >= 4 is 33.7 Å². The molecule has 5 nitrogen and oxygen atoms in total. The molecule has 0 radical (unpaired) electrons. The molecule has 0 amide bonds. The standard InChI is InChI=1S/C22H20BrFO5/c1-3-28-22(27)12(2)10-18(25)29-21-15-7-5-4-6-14(15)20(26)19(21)16-9-8-13(24)11-17(16)23/h4-9,11-12,19,21H,3,10H2,1-2H3. The normalized spacial score (nSPS) is 18.8. The van der Waals surface area contributed by atoms with Crippen LogP contribution >= 0.6 is 15.9 Å². The molecule has 3 atom stereocenters. The van der Waals surface area contributed by atoms with Crippen LogP contribution in [0.5, 0.6) is 0 Å². The minimum Gasteiger partial charge on any atom is -0.466 e. The van der Waals surface area contributed by atoms with Crippen molar-refractivity contribution in [2.24, 2.45) is 5.92 Å². The largest absolute Gasteiger partial charge is 0.466 e. The summed E-state index contributed by atoms with van der Waals surface area (Å²) in [7, 11) is 0. The first-order chi connectivity index (χ1) is 13.8. The summed E-state index contributed by atoms with van der Waals surface area (Å²) >= 11 is 3.31. The average Bonchev–Trinajstić information content (AvgIpc) is 2.94. The van der Waals surface area contributed by atoms with Gasteiger partial charge in [-0.25, -0.2) is 4.39 Å². The van der Waals surface area contributed by atoms with Gasteiger partial charge in [0, 0.05) is 15.6 Å². The van der Waals surface area contributed by atoms with E-state index in [1.165, 1.54) is 18.2 Å². The Morgan fingerprint density at radius 1 is 1.17 bits per heavy atom. The summed E-state index contributed by atoms with van der Waals surface area (Å²) in [6, 6.07) is 11.0. The van der Waals surface area contributed by atoms with E-state index in [-0.39, 0.29) is 18.8 Å². The highest BCUT2D eigenvalue weighted by Crippen LogP contribution is 2.46. The third kappa shape index (κ3) is 4.40. The first-order valence-corrected chi connectivity index (χ1v) is 10.1. The molecule has 3 rings (SSSR count). The van der Waals surface area contributed by atoms with Crippen LogP contribution in [0.2, 0.25) is 0 Å². The predicted molar refractivity (Wildman–Crippen MR) is 107 cm³/mol. The molecule has 1 aliphatic rings. The van der Waals surface area contributed by atoms with Gasteiger partial charge in [0.15, 0.2) is 5.78 Å². The van der Waals surface area contributed by atoms with Gasteiger partial charge >= 0.3 is 11.9 Å². The lowest BCUT2D eigenvalue weighted by Crippen LogP contribution is -2.23. The minimum atomic E-state index is -0.859. The zero-order valence-electron chi connectivity index (χ0n) is 16.0. The fourth-order valence-electron chi connectivity index (χ4n) is 3.45. The van der Waals surface area contributed by atoms with Crippen molar-refractivity contribution in [1.29, 1.82) is 0 Å². The molecule has 152 valence electrons. The maximum atomic E-state index is 13.5. The molecule has 0 bridgehead atoms. The van der Waals surface area contributed by atoms with E-state index in [0.29, 0.717) is 21.2 Å². The summed E-state index contributed by atoms with van der Waals surface area (Å²) in [5.41, 5.74) is 1.59. The third-order valence-corrected chi connectivity index (χ3v) is 5.52. The van der Waals surface area contributed by atoms with Gasteiger partial charge in [-0.3, -0.25) is 14.4 Å². The van der Waals surface area contributed by atoms with E-state index in [2.05, 4.69) is 15.9 Å². The van der Waals surface area contributed by atoms with Crippen LogP contribution in [0.1, 0.15) is 53.8 Å². The van der Waals surface area contributed by atoms with Crippen LogP contribution in [-0.4, -0.2) is 24.3 Å². The van der Waals surface area contributed by atoms with Crippen molar-refractivity contribution in [2.45, 2.75) is 32.3 Å². The summed E-state index contributed by atoms with van der Waals surface area (Å²) in [6.45, 7) is 3.50. The number of benzene rings is 2. The number of halogens is 2. The Morgan fingerprint density at radius 2 is 1.90 bits per heavy atom. The summed E-state index contributed by atoms with van der Waals surface area (Å²) < 4.78 is 24.6. The third-order valence-electron chi connectivity index (χ3n) is 4.84. The van der Waals surface area contributed by atoms with Gasteiger partial charge in [0.2, 0.25) is 0 Å². The van der Waals surface area contributed by atoms with E-state index in [9.17, 15) is 18.8 Å². The number of ketones is 1. The molecule has 1 aliphatic carbocycles. The van der Waals surface area contributed by atoms with E-state index >= 15 is 0 Å². The second-order valence-electron chi connectivity index (χ2n) is 6.86. The SMILES string of the molecule is CCOC(=O)C(C)CC(=O)OC1c2ccccc2C(=O)C1c1ccc(F)cc1Br. The van der Waals surface area contributed by atoms with Gasteiger partial charge in [-0.1, -0.05) is 53.2 Å². The highest BCUT2D eigenvalue weighted by atomic mass is 79.9. The molecule has 0 spiro atoms. The van der Waals surface area contributed by atoms with Gasteiger partial charge in [0.25, 0.3) is 0 Å². The topological polar surface area (TPSA) is 69.7 Å². The summed E-state index contributed by atoms with van der Waals surface area (Å²) in [5, 5.41) is 0.